The number of alkyl halides is 1. The molecule has 0 saturated heterocycles. The molecule has 0 unspecified atom stereocenters. The Morgan fingerprint density at radius 1 is 1.41 bits per heavy atom. The first-order valence-corrected chi connectivity index (χ1v) is 7.44. The first-order valence-electron chi connectivity index (χ1n) is 5.92. The highest BCUT2D eigenvalue weighted by atomic mass is 127. The van der Waals surface area contributed by atoms with Crippen molar-refractivity contribution >= 4 is 28.4 Å². The van der Waals surface area contributed by atoms with Gasteiger partial charge in [0.15, 0.2) is 0 Å². The van der Waals surface area contributed by atoms with Gasteiger partial charge in [0, 0.05) is 10.8 Å². The largest absolute Gasteiger partial charge is 0.392 e. The van der Waals surface area contributed by atoms with E-state index in [0.29, 0.717) is 19.3 Å². The predicted molar refractivity (Wildman–Crippen MR) is 76.2 cm³/mol. The summed E-state index contributed by atoms with van der Waals surface area (Å²) < 4.78 is 0.939. The second kappa shape index (κ2) is 5.06. The molecule has 2 rings (SSSR count). The van der Waals surface area contributed by atoms with Gasteiger partial charge in [-0.3, -0.25) is 4.79 Å². The third-order valence-electron chi connectivity index (χ3n) is 3.84. The standard InChI is InChI=1S/C14H17IO2/c1-14(12(16)6-7-13(14)17)8-10-4-2-3-5-11(10)9-15/h2-5,12,16H,6-9H2,1H3/t12-,14-/m0/s1. The van der Waals surface area contributed by atoms with E-state index in [4.69, 9.17) is 0 Å². The minimum atomic E-state index is -0.581. The molecule has 1 aromatic carbocycles. The molecule has 1 aliphatic carbocycles. The Hall–Kier alpha value is -0.420. The van der Waals surface area contributed by atoms with Gasteiger partial charge >= 0.3 is 0 Å². The van der Waals surface area contributed by atoms with Crippen molar-refractivity contribution < 1.29 is 9.90 Å². The fourth-order valence-electron chi connectivity index (χ4n) is 2.53. The van der Waals surface area contributed by atoms with E-state index in [-0.39, 0.29) is 5.78 Å². The summed E-state index contributed by atoms with van der Waals surface area (Å²) in [7, 11) is 0. The van der Waals surface area contributed by atoms with Crippen LogP contribution < -0.4 is 0 Å². The number of hydrogen-bond acceptors (Lipinski definition) is 2. The number of aliphatic hydroxyl groups is 1. The average molecular weight is 344 g/mol. The predicted octanol–water partition coefficient (Wildman–Crippen LogP) is 2.89. The van der Waals surface area contributed by atoms with Crippen LogP contribution in [0.1, 0.15) is 30.9 Å². The highest BCUT2D eigenvalue weighted by Crippen LogP contribution is 2.38. The Balaban J connectivity index is 2.28. The van der Waals surface area contributed by atoms with Crippen LogP contribution in [0.2, 0.25) is 0 Å². The Kier molecular flexibility index (Phi) is 3.88. The molecule has 1 aliphatic rings. The van der Waals surface area contributed by atoms with Crippen LogP contribution in [0.25, 0.3) is 0 Å². The SMILES string of the molecule is C[C@@]1(Cc2ccccc2CI)C(=O)CC[C@@H]1O. The van der Waals surface area contributed by atoms with Crippen LogP contribution in [0.15, 0.2) is 24.3 Å². The molecule has 1 saturated carbocycles. The summed E-state index contributed by atoms with van der Waals surface area (Å²) in [5.74, 6) is 0.202. The van der Waals surface area contributed by atoms with Crippen LogP contribution in [-0.2, 0) is 15.6 Å². The van der Waals surface area contributed by atoms with Crippen molar-refractivity contribution in [3.63, 3.8) is 0 Å². The summed E-state index contributed by atoms with van der Waals surface area (Å²) in [6.07, 6.45) is 1.30. The zero-order chi connectivity index (χ0) is 12.5. The van der Waals surface area contributed by atoms with Gasteiger partial charge in [-0.25, -0.2) is 0 Å². The molecule has 1 fully saturated rings. The fourth-order valence-corrected chi connectivity index (χ4v) is 3.27. The molecule has 1 N–H and O–H groups in total. The first kappa shape index (κ1) is 13.0. The zero-order valence-corrected chi connectivity index (χ0v) is 12.1. The highest BCUT2D eigenvalue weighted by Gasteiger charge is 2.45. The second-order valence-electron chi connectivity index (χ2n) is 4.97. The molecule has 1 aromatic rings. The molecule has 0 amide bonds. The number of rotatable bonds is 3. The minimum Gasteiger partial charge on any atom is -0.392 e. The molecular weight excluding hydrogens is 327 g/mol. The van der Waals surface area contributed by atoms with Crippen molar-refractivity contribution in [3.8, 4) is 0 Å². The molecular formula is C14H17IO2. The van der Waals surface area contributed by atoms with Gasteiger partial charge in [0.2, 0.25) is 0 Å². The lowest BCUT2D eigenvalue weighted by molar-refractivity contribution is -0.128. The Morgan fingerprint density at radius 2 is 2.06 bits per heavy atom. The van der Waals surface area contributed by atoms with Gasteiger partial charge in [-0.2, -0.15) is 0 Å². The summed E-state index contributed by atoms with van der Waals surface area (Å²) in [4.78, 5) is 11.9. The Bertz CT molecular complexity index is 430. The summed E-state index contributed by atoms with van der Waals surface area (Å²) in [6.45, 7) is 1.90. The minimum absolute atomic E-state index is 0.202. The van der Waals surface area contributed by atoms with Crippen molar-refractivity contribution in [1.82, 2.24) is 0 Å². The first-order chi connectivity index (χ1) is 8.08. The summed E-state index contributed by atoms with van der Waals surface area (Å²) in [5.41, 5.74) is 1.88. The number of benzene rings is 1. The molecule has 0 aliphatic heterocycles. The maximum atomic E-state index is 11.9. The third-order valence-corrected chi connectivity index (χ3v) is 4.66. The van der Waals surface area contributed by atoms with E-state index < -0.39 is 11.5 Å². The number of carbonyl (C=O) groups is 1. The van der Waals surface area contributed by atoms with Gasteiger partial charge in [-0.15, -0.1) is 0 Å². The van der Waals surface area contributed by atoms with Crippen molar-refractivity contribution in [2.24, 2.45) is 5.41 Å². The van der Waals surface area contributed by atoms with Gasteiger partial charge in [0.1, 0.15) is 5.78 Å². The smallest absolute Gasteiger partial charge is 0.141 e. The van der Waals surface area contributed by atoms with E-state index in [9.17, 15) is 9.90 Å². The molecule has 0 radical (unpaired) electrons. The van der Waals surface area contributed by atoms with Crippen molar-refractivity contribution in [2.75, 3.05) is 0 Å². The summed E-state index contributed by atoms with van der Waals surface area (Å²) >= 11 is 2.33. The topological polar surface area (TPSA) is 37.3 Å². The van der Waals surface area contributed by atoms with E-state index in [0.717, 1.165) is 4.43 Å². The molecule has 0 bridgehead atoms. The quantitative estimate of drug-likeness (QED) is 0.676. The number of aliphatic hydroxyl groups excluding tert-OH is 1. The number of ketones is 1. The van der Waals surface area contributed by atoms with Crippen LogP contribution >= 0.6 is 22.6 Å². The highest BCUT2D eigenvalue weighted by molar-refractivity contribution is 14.1. The van der Waals surface area contributed by atoms with Crippen molar-refractivity contribution in [3.05, 3.63) is 35.4 Å². The van der Waals surface area contributed by atoms with Crippen LogP contribution in [0.3, 0.4) is 0 Å². The van der Waals surface area contributed by atoms with Gasteiger partial charge in [-0.05, 0) is 30.9 Å². The molecule has 0 spiro atoms. The van der Waals surface area contributed by atoms with E-state index in [1.807, 2.05) is 19.1 Å². The third kappa shape index (κ3) is 2.40. The number of halogens is 1. The van der Waals surface area contributed by atoms with Crippen LogP contribution in [0, 0.1) is 5.41 Å². The van der Waals surface area contributed by atoms with Crippen LogP contribution in [-0.4, -0.2) is 17.0 Å². The number of hydrogen-bond donors (Lipinski definition) is 1. The van der Waals surface area contributed by atoms with E-state index in [1.165, 1.54) is 11.1 Å². The lowest BCUT2D eigenvalue weighted by Crippen LogP contribution is -2.35. The van der Waals surface area contributed by atoms with Crippen molar-refractivity contribution in [2.45, 2.75) is 36.7 Å². The molecule has 2 atom stereocenters. The van der Waals surface area contributed by atoms with E-state index >= 15 is 0 Å². The molecule has 17 heavy (non-hydrogen) atoms. The van der Waals surface area contributed by atoms with Crippen LogP contribution in [0.4, 0.5) is 0 Å². The second-order valence-corrected chi connectivity index (χ2v) is 5.74. The van der Waals surface area contributed by atoms with Gasteiger partial charge in [0.25, 0.3) is 0 Å². The molecule has 0 heterocycles. The van der Waals surface area contributed by atoms with Gasteiger partial charge < -0.3 is 5.11 Å². The summed E-state index contributed by atoms with van der Waals surface area (Å²) in [6, 6.07) is 8.18. The van der Waals surface area contributed by atoms with E-state index in [2.05, 4.69) is 34.7 Å². The molecule has 2 nitrogen and oxygen atoms in total. The maximum absolute atomic E-state index is 11.9. The van der Waals surface area contributed by atoms with Crippen molar-refractivity contribution in [1.29, 1.82) is 0 Å². The fraction of sp³-hybridized carbons (Fsp3) is 0.500. The number of carbonyl (C=O) groups excluding carboxylic acids is 1. The number of Topliss-reactive ketones (excluding diaryl/α,β-unsaturated/α-hetero) is 1. The average Bonchev–Trinajstić information content (AvgIpc) is 2.58. The Morgan fingerprint density at radius 3 is 2.59 bits per heavy atom. The van der Waals surface area contributed by atoms with Crippen LogP contribution in [0.5, 0.6) is 0 Å². The molecule has 0 aromatic heterocycles. The van der Waals surface area contributed by atoms with Gasteiger partial charge in [-0.1, -0.05) is 46.9 Å². The normalized spacial score (nSPS) is 28.6. The maximum Gasteiger partial charge on any atom is 0.141 e. The summed E-state index contributed by atoms with van der Waals surface area (Å²) in [5, 5.41) is 10.0. The zero-order valence-electron chi connectivity index (χ0n) is 9.95. The lowest BCUT2D eigenvalue weighted by Gasteiger charge is -2.27. The lowest BCUT2D eigenvalue weighted by atomic mass is 9.78. The monoisotopic (exact) mass is 344 g/mol. The van der Waals surface area contributed by atoms with Gasteiger partial charge in [0.05, 0.1) is 11.5 Å². The van der Waals surface area contributed by atoms with E-state index in [1.54, 1.807) is 0 Å². The molecule has 92 valence electrons. The Labute approximate surface area is 116 Å². The molecule has 3 heteroatoms.